The van der Waals surface area contributed by atoms with Crippen molar-refractivity contribution >= 4 is 23.4 Å². The summed E-state index contributed by atoms with van der Waals surface area (Å²) < 4.78 is 3.67. The molecular formula is C11H13N3O3S. The van der Waals surface area contributed by atoms with Gasteiger partial charge in [0.1, 0.15) is 0 Å². The Kier molecular flexibility index (Phi) is 2.58. The number of carboxylic acids is 1. The van der Waals surface area contributed by atoms with Crippen molar-refractivity contribution in [3.8, 4) is 0 Å². The van der Waals surface area contributed by atoms with E-state index >= 15 is 0 Å². The van der Waals surface area contributed by atoms with E-state index in [1.165, 1.54) is 0 Å². The van der Waals surface area contributed by atoms with E-state index in [-0.39, 0.29) is 11.8 Å². The molecule has 96 valence electrons. The van der Waals surface area contributed by atoms with Gasteiger partial charge in [-0.1, -0.05) is 10.9 Å². The van der Waals surface area contributed by atoms with Gasteiger partial charge in [-0.25, -0.2) is 0 Å². The van der Waals surface area contributed by atoms with Crippen molar-refractivity contribution in [3.05, 3.63) is 11.1 Å². The number of nitrogens with zero attached hydrogens (tertiary/aromatic N) is 3. The number of aliphatic carboxylic acids is 1. The van der Waals surface area contributed by atoms with Crippen LogP contribution in [0.2, 0.25) is 0 Å². The van der Waals surface area contributed by atoms with Crippen molar-refractivity contribution in [1.29, 1.82) is 0 Å². The molecular weight excluding hydrogens is 254 g/mol. The Labute approximate surface area is 108 Å². The van der Waals surface area contributed by atoms with Gasteiger partial charge in [-0.05, 0) is 30.3 Å². The largest absolute Gasteiger partial charge is 0.481 e. The van der Waals surface area contributed by atoms with Crippen LogP contribution >= 0.6 is 11.5 Å². The molecule has 1 aromatic heterocycles. The van der Waals surface area contributed by atoms with Crippen LogP contribution in [-0.4, -0.2) is 44.6 Å². The molecule has 1 saturated heterocycles. The molecule has 1 aromatic rings. The van der Waals surface area contributed by atoms with Crippen LogP contribution in [0.5, 0.6) is 0 Å². The molecule has 1 amide bonds. The van der Waals surface area contributed by atoms with Crippen molar-refractivity contribution in [2.24, 2.45) is 11.3 Å². The maximum Gasteiger partial charge on any atom is 0.311 e. The molecule has 0 spiro atoms. The highest BCUT2D eigenvalue weighted by atomic mass is 32.1. The van der Waals surface area contributed by atoms with Gasteiger partial charge in [0.15, 0.2) is 5.69 Å². The summed E-state index contributed by atoms with van der Waals surface area (Å²) in [5.74, 6) is -0.874. The molecule has 3 rings (SSSR count). The summed E-state index contributed by atoms with van der Waals surface area (Å²) in [6.07, 6.45) is 2.51. The standard InChI is InChI=1S/C11H13N3O3S/c15-9(8-5-18-13-12-8)14-4-7-2-1-3-11(7,6-14)10(16)17/h5,7H,1-4,6H2,(H,16,17)/t7-,11+/m0/s1. The summed E-state index contributed by atoms with van der Waals surface area (Å²) in [4.78, 5) is 25.3. The first-order valence-electron chi connectivity index (χ1n) is 5.93. The van der Waals surface area contributed by atoms with E-state index in [9.17, 15) is 14.7 Å². The number of hydrogen-bond donors (Lipinski definition) is 1. The number of rotatable bonds is 2. The predicted molar refractivity (Wildman–Crippen MR) is 63.2 cm³/mol. The topological polar surface area (TPSA) is 83.4 Å². The lowest BCUT2D eigenvalue weighted by molar-refractivity contribution is -0.149. The third kappa shape index (κ3) is 1.53. The first-order valence-corrected chi connectivity index (χ1v) is 6.77. The third-order valence-electron chi connectivity index (χ3n) is 4.16. The Morgan fingerprint density at radius 1 is 1.56 bits per heavy atom. The fraction of sp³-hybridized carbons (Fsp3) is 0.636. The van der Waals surface area contributed by atoms with Gasteiger partial charge in [0.25, 0.3) is 5.91 Å². The van der Waals surface area contributed by atoms with Crippen LogP contribution in [0.3, 0.4) is 0 Å². The van der Waals surface area contributed by atoms with Crippen LogP contribution in [0.15, 0.2) is 5.38 Å². The second-order valence-electron chi connectivity index (χ2n) is 5.03. The second kappa shape index (κ2) is 4.01. The quantitative estimate of drug-likeness (QED) is 0.859. The Balaban J connectivity index is 1.83. The third-order valence-corrected chi connectivity index (χ3v) is 4.67. The number of amides is 1. The van der Waals surface area contributed by atoms with Crippen LogP contribution in [0.4, 0.5) is 0 Å². The monoisotopic (exact) mass is 267 g/mol. The van der Waals surface area contributed by atoms with Crippen molar-refractivity contribution in [1.82, 2.24) is 14.5 Å². The zero-order valence-electron chi connectivity index (χ0n) is 9.70. The van der Waals surface area contributed by atoms with Crippen LogP contribution in [0.25, 0.3) is 0 Å². The van der Waals surface area contributed by atoms with E-state index in [2.05, 4.69) is 9.59 Å². The molecule has 2 aliphatic rings. The van der Waals surface area contributed by atoms with Gasteiger partial charge in [0.2, 0.25) is 0 Å². The SMILES string of the molecule is O=C(c1csnn1)N1C[C@@H]2CCC[C@@]2(C(=O)O)C1. The summed E-state index contributed by atoms with van der Waals surface area (Å²) in [5, 5.41) is 14.8. The van der Waals surface area contributed by atoms with Crippen LogP contribution < -0.4 is 0 Å². The highest BCUT2D eigenvalue weighted by molar-refractivity contribution is 7.03. The number of carboxylic acid groups (broad SMARTS) is 1. The number of carbonyl (C=O) groups excluding carboxylic acids is 1. The Morgan fingerprint density at radius 2 is 2.39 bits per heavy atom. The molecule has 1 aliphatic carbocycles. The first-order chi connectivity index (χ1) is 8.63. The van der Waals surface area contributed by atoms with Crippen LogP contribution in [0.1, 0.15) is 29.8 Å². The number of fused-ring (bicyclic) bond motifs is 1. The highest BCUT2D eigenvalue weighted by Crippen LogP contribution is 2.49. The molecule has 1 saturated carbocycles. The fourth-order valence-corrected chi connectivity index (χ4v) is 3.64. The Bertz CT molecular complexity index is 490. The molecule has 0 aromatic carbocycles. The summed E-state index contributed by atoms with van der Waals surface area (Å²) in [6, 6.07) is 0. The first kappa shape index (κ1) is 11.6. The lowest BCUT2D eigenvalue weighted by Crippen LogP contribution is -2.37. The smallest absolute Gasteiger partial charge is 0.311 e. The van der Waals surface area contributed by atoms with E-state index in [1.54, 1.807) is 10.3 Å². The Morgan fingerprint density at radius 3 is 3.00 bits per heavy atom. The maximum absolute atomic E-state index is 12.1. The minimum Gasteiger partial charge on any atom is -0.481 e. The van der Waals surface area contributed by atoms with Gasteiger partial charge in [-0.2, -0.15) is 0 Å². The van der Waals surface area contributed by atoms with Gasteiger partial charge < -0.3 is 10.0 Å². The normalized spacial score (nSPS) is 30.4. The summed E-state index contributed by atoms with van der Waals surface area (Å²) >= 11 is 1.13. The average molecular weight is 267 g/mol. The van der Waals surface area contributed by atoms with Crippen molar-refractivity contribution < 1.29 is 14.7 Å². The van der Waals surface area contributed by atoms with Gasteiger partial charge >= 0.3 is 5.97 Å². The van der Waals surface area contributed by atoms with Gasteiger partial charge in [-0.3, -0.25) is 9.59 Å². The maximum atomic E-state index is 12.1. The van der Waals surface area contributed by atoms with Gasteiger partial charge in [0.05, 0.1) is 5.41 Å². The molecule has 2 heterocycles. The fourth-order valence-electron chi connectivity index (χ4n) is 3.21. The molecule has 1 N–H and O–H groups in total. The van der Waals surface area contributed by atoms with E-state index < -0.39 is 11.4 Å². The molecule has 0 radical (unpaired) electrons. The van der Waals surface area contributed by atoms with E-state index in [0.29, 0.717) is 25.2 Å². The summed E-state index contributed by atoms with van der Waals surface area (Å²) in [7, 11) is 0. The number of carbonyl (C=O) groups is 2. The van der Waals surface area contributed by atoms with Crippen molar-refractivity contribution in [2.45, 2.75) is 19.3 Å². The average Bonchev–Trinajstić information content (AvgIpc) is 3.03. The van der Waals surface area contributed by atoms with Gasteiger partial charge in [-0.15, -0.1) is 5.10 Å². The molecule has 0 bridgehead atoms. The van der Waals surface area contributed by atoms with Crippen molar-refractivity contribution in [2.75, 3.05) is 13.1 Å². The summed E-state index contributed by atoms with van der Waals surface area (Å²) in [6.45, 7) is 0.839. The lowest BCUT2D eigenvalue weighted by atomic mass is 9.81. The molecule has 0 unspecified atom stereocenters. The van der Waals surface area contributed by atoms with E-state index in [0.717, 1.165) is 24.4 Å². The number of likely N-dealkylation sites (tertiary alicyclic amines) is 1. The molecule has 1 aliphatic heterocycles. The minimum absolute atomic E-state index is 0.0885. The minimum atomic E-state index is -0.767. The zero-order chi connectivity index (χ0) is 12.8. The summed E-state index contributed by atoms with van der Waals surface area (Å²) in [5.41, 5.74) is -0.403. The lowest BCUT2D eigenvalue weighted by Gasteiger charge is -2.22. The molecule has 18 heavy (non-hydrogen) atoms. The number of aromatic nitrogens is 2. The molecule has 2 fully saturated rings. The van der Waals surface area contributed by atoms with Crippen LogP contribution in [-0.2, 0) is 4.79 Å². The number of hydrogen-bond acceptors (Lipinski definition) is 5. The molecule has 6 nitrogen and oxygen atoms in total. The van der Waals surface area contributed by atoms with Crippen LogP contribution in [0, 0.1) is 11.3 Å². The second-order valence-corrected chi connectivity index (χ2v) is 5.64. The highest BCUT2D eigenvalue weighted by Gasteiger charge is 2.55. The predicted octanol–water partition coefficient (Wildman–Crippen LogP) is 0.865. The van der Waals surface area contributed by atoms with E-state index in [4.69, 9.17) is 0 Å². The Hall–Kier alpha value is -1.50. The van der Waals surface area contributed by atoms with Crippen molar-refractivity contribution in [3.63, 3.8) is 0 Å². The van der Waals surface area contributed by atoms with E-state index in [1.807, 2.05) is 0 Å². The molecule has 7 heteroatoms. The van der Waals surface area contributed by atoms with Gasteiger partial charge in [0, 0.05) is 18.5 Å². The molecule has 2 atom stereocenters. The zero-order valence-corrected chi connectivity index (χ0v) is 10.5.